The van der Waals surface area contributed by atoms with Crippen LogP contribution in [0.15, 0.2) is 23.1 Å². The predicted octanol–water partition coefficient (Wildman–Crippen LogP) is 2.03. The minimum atomic E-state index is -3.85. The van der Waals surface area contributed by atoms with Gasteiger partial charge in [0.2, 0.25) is 10.0 Å². The van der Waals surface area contributed by atoms with Crippen LogP contribution in [0.2, 0.25) is 5.02 Å². The summed E-state index contributed by atoms with van der Waals surface area (Å²) in [6.07, 6.45) is 0. The van der Waals surface area contributed by atoms with E-state index in [9.17, 15) is 12.8 Å². The molecule has 1 fully saturated rings. The highest BCUT2D eigenvalue weighted by molar-refractivity contribution is 7.89. The molecule has 0 aliphatic carbocycles. The first-order valence-corrected chi connectivity index (χ1v) is 9.94. The molecule has 136 valence electrons. The molecule has 0 aromatic heterocycles. The van der Waals surface area contributed by atoms with Crippen molar-refractivity contribution in [2.75, 3.05) is 39.8 Å². The molecule has 1 unspecified atom stereocenters. The maximum Gasteiger partial charge on any atom is 0.242 e. The summed E-state index contributed by atoms with van der Waals surface area (Å²) < 4.78 is 40.9. The Morgan fingerprint density at radius 1 is 1.25 bits per heavy atom. The van der Waals surface area contributed by atoms with Crippen LogP contribution in [0.3, 0.4) is 0 Å². The number of hydrogen-bond acceptors (Lipinski definition) is 4. The van der Waals surface area contributed by atoms with Gasteiger partial charge in [-0.15, -0.1) is 0 Å². The zero-order valence-corrected chi connectivity index (χ0v) is 15.9. The number of nitrogens with zero attached hydrogens (tertiary/aromatic N) is 2. The van der Waals surface area contributed by atoms with Crippen LogP contribution in [0.5, 0.6) is 0 Å². The van der Waals surface area contributed by atoms with E-state index in [-0.39, 0.29) is 22.5 Å². The zero-order valence-electron chi connectivity index (χ0n) is 14.3. The minimum absolute atomic E-state index is 0.0181. The fourth-order valence-corrected chi connectivity index (χ4v) is 4.46. The average molecular weight is 378 g/mol. The highest BCUT2D eigenvalue weighted by Crippen LogP contribution is 2.22. The van der Waals surface area contributed by atoms with Crippen molar-refractivity contribution in [2.45, 2.75) is 24.8 Å². The van der Waals surface area contributed by atoms with Gasteiger partial charge in [-0.25, -0.2) is 17.5 Å². The Morgan fingerprint density at radius 2 is 1.88 bits per heavy atom. The summed E-state index contributed by atoms with van der Waals surface area (Å²) in [6, 6.07) is 3.43. The van der Waals surface area contributed by atoms with Crippen molar-refractivity contribution in [3.05, 3.63) is 29.0 Å². The SMILES string of the molecule is CC(C)C(CNS(=O)(=O)c1cc(F)ccc1Cl)N1CCN(C)CC1. The Bertz CT molecular complexity index is 661. The second-order valence-corrected chi connectivity index (χ2v) is 8.72. The van der Waals surface area contributed by atoms with Crippen LogP contribution in [-0.4, -0.2) is 64.0 Å². The summed E-state index contributed by atoms with van der Waals surface area (Å²) in [4.78, 5) is 4.34. The molecule has 0 spiro atoms. The number of hydrogen-bond donors (Lipinski definition) is 1. The molecule has 5 nitrogen and oxygen atoms in total. The molecule has 1 heterocycles. The van der Waals surface area contributed by atoms with Crippen LogP contribution in [-0.2, 0) is 10.0 Å². The van der Waals surface area contributed by atoms with Crippen molar-refractivity contribution >= 4 is 21.6 Å². The predicted molar refractivity (Wildman–Crippen MR) is 94.3 cm³/mol. The van der Waals surface area contributed by atoms with Crippen molar-refractivity contribution < 1.29 is 12.8 Å². The molecule has 0 bridgehead atoms. The lowest BCUT2D eigenvalue weighted by Gasteiger charge is -2.39. The highest BCUT2D eigenvalue weighted by atomic mass is 35.5. The molecular weight excluding hydrogens is 353 g/mol. The second-order valence-electron chi connectivity index (χ2n) is 6.58. The Balaban J connectivity index is 2.09. The summed E-state index contributed by atoms with van der Waals surface area (Å²) in [5.41, 5.74) is 0. The molecule has 1 saturated heterocycles. The topological polar surface area (TPSA) is 52.7 Å². The third-order valence-corrected chi connectivity index (χ3v) is 6.35. The molecule has 0 amide bonds. The van der Waals surface area contributed by atoms with E-state index in [2.05, 4.69) is 35.4 Å². The molecule has 1 N–H and O–H groups in total. The smallest absolute Gasteiger partial charge is 0.242 e. The summed E-state index contributed by atoms with van der Waals surface area (Å²) in [5.74, 6) is -0.335. The van der Waals surface area contributed by atoms with Crippen molar-refractivity contribution in [3.63, 3.8) is 0 Å². The van der Waals surface area contributed by atoms with E-state index < -0.39 is 15.8 Å². The van der Waals surface area contributed by atoms with Crippen molar-refractivity contribution in [1.29, 1.82) is 0 Å². The highest BCUT2D eigenvalue weighted by Gasteiger charge is 2.27. The van der Waals surface area contributed by atoms with Gasteiger partial charge in [0.05, 0.1) is 5.02 Å². The molecule has 0 radical (unpaired) electrons. The van der Waals surface area contributed by atoms with Gasteiger partial charge in [0.1, 0.15) is 10.7 Å². The van der Waals surface area contributed by atoms with Gasteiger partial charge in [-0.3, -0.25) is 4.90 Å². The molecule has 2 rings (SSSR count). The van der Waals surface area contributed by atoms with E-state index in [1.54, 1.807) is 0 Å². The van der Waals surface area contributed by atoms with Crippen LogP contribution in [0.1, 0.15) is 13.8 Å². The lowest BCUT2D eigenvalue weighted by molar-refractivity contribution is 0.0905. The van der Waals surface area contributed by atoms with Gasteiger partial charge >= 0.3 is 0 Å². The van der Waals surface area contributed by atoms with Crippen molar-refractivity contribution in [2.24, 2.45) is 5.92 Å². The second kappa shape index (κ2) is 8.10. The molecule has 24 heavy (non-hydrogen) atoms. The first-order chi connectivity index (χ1) is 11.2. The zero-order chi connectivity index (χ0) is 17.9. The standard InChI is InChI=1S/C16H25ClFN3O2S/c1-12(2)15(21-8-6-20(3)7-9-21)11-19-24(22,23)16-10-13(18)4-5-14(16)17/h4-5,10,12,15,19H,6-9,11H2,1-3H3. The monoisotopic (exact) mass is 377 g/mol. The first-order valence-electron chi connectivity index (χ1n) is 8.08. The lowest BCUT2D eigenvalue weighted by atomic mass is 10.0. The van der Waals surface area contributed by atoms with Gasteiger partial charge in [-0.1, -0.05) is 25.4 Å². The van der Waals surface area contributed by atoms with Crippen LogP contribution in [0.4, 0.5) is 4.39 Å². The molecule has 0 saturated carbocycles. The van der Waals surface area contributed by atoms with Crippen molar-refractivity contribution in [3.8, 4) is 0 Å². The maximum absolute atomic E-state index is 13.4. The molecule has 8 heteroatoms. The van der Waals surface area contributed by atoms with E-state index in [4.69, 9.17) is 11.6 Å². The van der Waals surface area contributed by atoms with Crippen molar-refractivity contribution in [1.82, 2.24) is 14.5 Å². The van der Waals surface area contributed by atoms with E-state index >= 15 is 0 Å². The van der Waals surface area contributed by atoms with Crippen LogP contribution in [0.25, 0.3) is 0 Å². The third-order valence-electron chi connectivity index (χ3n) is 4.44. The van der Waals surface area contributed by atoms with Crippen LogP contribution in [0, 0.1) is 11.7 Å². The van der Waals surface area contributed by atoms with Gasteiger partial charge in [0.25, 0.3) is 0 Å². The van der Waals surface area contributed by atoms with Gasteiger partial charge in [-0.05, 0) is 31.2 Å². The number of likely N-dealkylation sites (N-methyl/N-ethyl adjacent to an activating group) is 1. The summed E-state index contributed by atoms with van der Waals surface area (Å²) >= 11 is 5.92. The Kier molecular flexibility index (Phi) is 6.61. The summed E-state index contributed by atoms with van der Waals surface area (Å²) in [5, 5.41) is 0.0181. The molecular formula is C16H25ClFN3O2S. The largest absolute Gasteiger partial charge is 0.304 e. The quantitative estimate of drug-likeness (QED) is 0.824. The number of piperazine rings is 1. The Labute approximate surface area is 148 Å². The van der Waals surface area contributed by atoms with Crippen LogP contribution < -0.4 is 4.72 Å². The third kappa shape index (κ3) is 4.89. The molecule has 1 aliphatic heterocycles. The Morgan fingerprint density at radius 3 is 2.46 bits per heavy atom. The molecule has 1 aromatic carbocycles. The van der Waals surface area contributed by atoms with Gasteiger partial charge in [0.15, 0.2) is 0 Å². The fraction of sp³-hybridized carbons (Fsp3) is 0.625. The lowest BCUT2D eigenvalue weighted by Crippen LogP contribution is -2.54. The van der Waals surface area contributed by atoms with Gasteiger partial charge in [-0.2, -0.15) is 0 Å². The molecule has 1 atom stereocenters. The normalized spacial score (nSPS) is 18.9. The summed E-state index contributed by atoms with van der Waals surface area (Å²) in [6.45, 7) is 8.16. The van der Waals surface area contributed by atoms with Gasteiger partial charge < -0.3 is 4.90 Å². The average Bonchev–Trinajstić information content (AvgIpc) is 2.51. The molecule has 1 aromatic rings. The van der Waals surface area contributed by atoms with E-state index in [1.807, 2.05) is 0 Å². The van der Waals surface area contributed by atoms with Gasteiger partial charge in [0, 0.05) is 38.8 Å². The summed E-state index contributed by atoms with van der Waals surface area (Å²) in [7, 11) is -1.77. The molecule has 1 aliphatic rings. The number of rotatable bonds is 6. The van der Waals surface area contributed by atoms with E-state index in [0.29, 0.717) is 5.92 Å². The number of benzene rings is 1. The fourth-order valence-electron chi connectivity index (χ4n) is 2.90. The maximum atomic E-state index is 13.4. The number of nitrogens with one attached hydrogen (secondary N) is 1. The first kappa shape index (κ1) is 19.6. The Hall–Kier alpha value is -0.730. The number of sulfonamides is 1. The van der Waals surface area contributed by atoms with E-state index in [1.165, 1.54) is 6.07 Å². The minimum Gasteiger partial charge on any atom is -0.304 e. The number of halogens is 2. The van der Waals surface area contributed by atoms with E-state index in [0.717, 1.165) is 38.3 Å². The van der Waals surface area contributed by atoms with Crippen LogP contribution >= 0.6 is 11.6 Å².